The Hall–Kier alpha value is -0.780. The fourth-order valence-corrected chi connectivity index (χ4v) is 1.32. The van der Waals surface area contributed by atoms with E-state index in [0.29, 0.717) is 5.41 Å². The molecule has 0 aliphatic rings. The first-order valence-corrected chi connectivity index (χ1v) is 4.53. The highest BCUT2D eigenvalue weighted by atomic mass is 14.1. The fraction of sp³-hybridized carbons (Fsp3) is 0.571. The largest absolute Gasteiger partial charge is 0.0776 e. The number of hydrogen-bond acceptors (Lipinski definition) is 0. The zero-order chi connectivity index (χ0) is 9.19. The SMILES string of the molecule is C.C.Cc1ccc(CC(C)(C)C)cc1. The fourth-order valence-electron chi connectivity index (χ4n) is 1.32. The molecule has 0 fully saturated rings. The third-order valence-corrected chi connectivity index (χ3v) is 1.86. The first kappa shape index (κ1) is 15.7. The zero-order valence-corrected chi connectivity index (χ0v) is 8.52. The molecular formula is C14H26. The highest BCUT2D eigenvalue weighted by Crippen LogP contribution is 2.20. The van der Waals surface area contributed by atoms with Gasteiger partial charge in [-0.05, 0) is 24.3 Å². The smallest absolute Gasteiger partial charge is 0.0230 e. The maximum absolute atomic E-state index is 2.27. The van der Waals surface area contributed by atoms with Gasteiger partial charge in [-0.2, -0.15) is 0 Å². The molecule has 0 spiro atoms. The van der Waals surface area contributed by atoms with Crippen molar-refractivity contribution in [1.29, 1.82) is 0 Å². The third kappa shape index (κ3) is 5.80. The van der Waals surface area contributed by atoms with E-state index in [1.165, 1.54) is 11.1 Å². The highest BCUT2D eigenvalue weighted by Gasteiger charge is 2.10. The number of hydrogen-bond donors (Lipinski definition) is 0. The van der Waals surface area contributed by atoms with Gasteiger partial charge in [0, 0.05) is 0 Å². The van der Waals surface area contributed by atoms with E-state index in [2.05, 4.69) is 52.0 Å². The summed E-state index contributed by atoms with van der Waals surface area (Å²) >= 11 is 0. The minimum Gasteiger partial charge on any atom is -0.0776 e. The minimum atomic E-state index is 0. The Bertz CT molecular complexity index is 236. The Morgan fingerprint density at radius 3 is 1.71 bits per heavy atom. The van der Waals surface area contributed by atoms with Gasteiger partial charge < -0.3 is 0 Å². The van der Waals surface area contributed by atoms with Gasteiger partial charge in [0.15, 0.2) is 0 Å². The number of aryl methyl sites for hydroxylation is 1. The van der Waals surface area contributed by atoms with E-state index < -0.39 is 0 Å². The summed E-state index contributed by atoms with van der Waals surface area (Å²) in [4.78, 5) is 0. The molecule has 0 atom stereocenters. The molecule has 0 aliphatic heterocycles. The van der Waals surface area contributed by atoms with Crippen molar-refractivity contribution in [2.75, 3.05) is 0 Å². The van der Waals surface area contributed by atoms with Crippen LogP contribution in [0, 0.1) is 12.3 Å². The second-order valence-electron chi connectivity index (χ2n) is 4.72. The van der Waals surface area contributed by atoms with E-state index in [-0.39, 0.29) is 14.9 Å². The van der Waals surface area contributed by atoms with Crippen molar-refractivity contribution >= 4 is 0 Å². The van der Waals surface area contributed by atoms with Crippen LogP contribution in [0.15, 0.2) is 24.3 Å². The molecule has 14 heavy (non-hydrogen) atoms. The van der Waals surface area contributed by atoms with Crippen LogP contribution in [-0.2, 0) is 6.42 Å². The standard InChI is InChI=1S/C12H18.2CH4/c1-10-5-7-11(8-6-10)9-12(2,3)4;;/h5-8H,9H2,1-4H3;2*1H4. The lowest BCUT2D eigenvalue weighted by molar-refractivity contribution is 0.411. The lowest BCUT2D eigenvalue weighted by atomic mass is 9.88. The van der Waals surface area contributed by atoms with Crippen molar-refractivity contribution in [2.24, 2.45) is 5.41 Å². The predicted molar refractivity (Wildman–Crippen MR) is 67.8 cm³/mol. The first-order chi connectivity index (χ1) is 5.47. The molecule has 0 aliphatic carbocycles. The van der Waals surface area contributed by atoms with Crippen LogP contribution in [0.3, 0.4) is 0 Å². The van der Waals surface area contributed by atoms with Gasteiger partial charge >= 0.3 is 0 Å². The summed E-state index contributed by atoms with van der Waals surface area (Å²) in [5, 5.41) is 0. The van der Waals surface area contributed by atoms with Crippen LogP contribution in [-0.4, -0.2) is 0 Å². The minimum absolute atomic E-state index is 0. The molecule has 0 N–H and O–H groups in total. The summed E-state index contributed by atoms with van der Waals surface area (Å²) in [6, 6.07) is 8.81. The monoisotopic (exact) mass is 194 g/mol. The maximum Gasteiger partial charge on any atom is -0.0230 e. The lowest BCUT2D eigenvalue weighted by Gasteiger charge is -2.17. The summed E-state index contributed by atoms with van der Waals surface area (Å²) < 4.78 is 0. The molecule has 0 aromatic heterocycles. The summed E-state index contributed by atoms with van der Waals surface area (Å²) in [6.07, 6.45) is 1.16. The first-order valence-electron chi connectivity index (χ1n) is 4.53. The Morgan fingerprint density at radius 2 is 1.36 bits per heavy atom. The van der Waals surface area contributed by atoms with Gasteiger partial charge in [-0.15, -0.1) is 0 Å². The van der Waals surface area contributed by atoms with Crippen LogP contribution in [0.25, 0.3) is 0 Å². The number of benzene rings is 1. The predicted octanol–water partition coefficient (Wildman–Crippen LogP) is 4.86. The van der Waals surface area contributed by atoms with Crippen LogP contribution < -0.4 is 0 Å². The van der Waals surface area contributed by atoms with Crippen LogP contribution in [0.2, 0.25) is 0 Å². The van der Waals surface area contributed by atoms with Gasteiger partial charge in [0.2, 0.25) is 0 Å². The van der Waals surface area contributed by atoms with Crippen LogP contribution in [0.5, 0.6) is 0 Å². The molecule has 0 heteroatoms. The van der Waals surface area contributed by atoms with Gasteiger partial charge in [-0.25, -0.2) is 0 Å². The van der Waals surface area contributed by atoms with Crippen LogP contribution in [0.4, 0.5) is 0 Å². The summed E-state index contributed by atoms with van der Waals surface area (Å²) in [7, 11) is 0. The van der Waals surface area contributed by atoms with Crippen LogP contribution >= 0.6 is 0 Å². The molecule has 0 saturated heterocycles. The van der Waals surface area contributed by atoms with E-state index in [9.17, 15) is 0 Å². The molecular weight excluding hydrogens is 168 g/mol. The average molecular weight is 194 g/mol. The quantitative estimate of drug-likeness (QED) is 0.599. The Labute approximate surface area is 90.4 Å². The van der Waals surface area contributed by atoms with E-state index in [0.717, 1.165) is 6.42 Å². The molecule has 0 unspecified atom stereocenters. The molecule has 1 rings (SSSR count). The van der Waals surface area contributed by atoms with E-state index >= 15 is 0 Å². The van der Waals surface area contributed by atoms with E-state index in [1.807, 2.05) is 0 Å². The summed E-state index contributed by atoms with van der Waals surface area (Å²) in [5.74, 6) is 0. The molecule has 0 bridgehead atoms. The van der Waals surface area contributed by atoms with E-state index in [4.69, 9.17) is 0 Å². The molecule has 82 valence electrons. The molecule has 0 nitrogen and oxygen atoms in total. The zero-order valence-electron chi connectivity index (χ0n) is 8.52. The second-order valence-corrected chi connectivity index (χ2v) is 4.72. The average Bonchev–Trinajstić information content (AvgIpc) is 1.91. The topological polar surface area (TPSA) is 0 Å². The molecule has 1 aromatic rings. The molecule has 0 saturated carbocycles. The van der Waals surface area contributed by atoms with Crippen molar-refractivity contribution in [2.45, 2.75) is 49.0 Å². The van der Waals surface area contributed by atoms with Gasteiger partial charge in [0.05, 0.1) is 0 Å². The van der Waals surface area contributed by atoms with Gasteiger partial charge in [0.25, 0.3) is 0 Å². The molecule has 0 heterocycles. The molecule has 0 radical (unpaired) electrons. The van der Waals surface area contributed by atoms with Gasteiger partial charge in [-0.1, -0.05) is 65.5 Å². The lowest BCUT2D eigenvalue weighted by Crippen LogP contribution is -2.08. The van der Waals surface area contributed by atoms with Gasteiger partial charge in [0.1, 0.15) is 0 Å². The van der Waals surface area contributed by atoms with Gasteiger partial charge in [-0.3, -0.25) is 0 Å². The molecule has 0 amide bonds. The maximum atomic E-state index is 2.27. The highest BCUT2D eigenvalue weighted by molar-refractivity contribution is 5.21. The third-order valence-electron chi connectivity index (χ3n) is 1.86. The second kappa shape index (κ2) is 5.85. The normalized spacial score (nSPS) is 10.0. The summed E-state index contributed by atoms with van der Waals surface area (Å²) in [6.45, 7) is 8.94. The van der Waals surface area contributed by atoms with Crippen molar-refractivity contribution in [3.05, 3.63) is 35.4 Å². The summed E-state index contributed by atoms with van der Waals surface area (Å²) in [5.41, 5.74) is 3.18. The van der Waals surface area contributed by atoms with E-state index in [1.54, 1.807) is 0 Å². The Kier molecular flexibility index (Phi) is 6.55. The Morgan fingerprint density at radius 1 is 0.929 bits per heavy atom. The Balaban J connectivity index is 0. The van der Waals surface area contributed by atoms with Crippen molar-refractivity contribution < 1.29 is 0 Å². The van der Waals surface area contributed by atoms with Crippen molar-refractivity contribution in [1.82, 2.24) is 0 Å². The van der Waals surface area contributed by atoms with Crippen molar-refractivity contribution in [3.8, 4) is 0 Å². The van der Waals surface area contributed by atoms with Crippen LogP contribution in [0.1, 0.15) is 46.8 Å². The van der Waals surface area contributed by atoms with Crippen molar-refractivity contribution in [3.63, 3.8) is 0 Å². The number of rotatable bonds is 1. The molecule has 1 aromatic carbocycles.